The summed E-state index contributed by atoms with van der Waals surface area (Å²) in [5, 5.41) is 19.9. The monoisotopic (exact) mass is 277 g/mol. The van der Waals surface area contributed by atoms with E-state index in [1.165, 1.54) is 0 Å². The summed E-state index contributed by atoms with van der Waals surface area (Å²) in [6.07, 6.45) is 1.34. The molecule has 0 atom stereocenters. The van der Waals surface area contributed by atoms with E-state index in [4.69, 9.17) is 10.2 Å². The molecule has 1 aliphatic heterocycles. The maximum atomic E-state index is 11.1. The minimum Gasteiger partial charge on any atom is -1.00 e. The van der Waals surface area contributed by atoms with Gasteiger partial charge in [0.15, 0.2) is 0 Å². The van der Waals surface area contributed by atoms with Crippen LogP contribution in [0.15, 0.2) is 0 Å². The molecule has 1 rings (SSSR count). The molecule has 0 aromatic carbocycles. The fourth-order valence-electron chi connectivity index (χ4n) is 1.97. The van der Waals surface area contributed by atoms with E-state index in [1.54, 1.807) is 0 Å². The molecule has 0 aliphatic carbocycles. The van der Waals surface area contributed by atoms with Crippen LogP contribution in [0, 0.1) is 0 Å². The van der Waals surface area contributed by atoms with Crippen LogP contribution in [-0.2, 0) is 14.4 Å². The molecule has 0 saturated carbocycles. The van der Waals surface area contributed by atoms with Crippen molar-refractivity contribution in [2.24, 2.45) is 0 Å². The molecule has 3 N–H and O–H groups in total. The van der Waals surface area contributed by atoms with Gasteiger partial charge in [-0.3, -0.25) is 14.4 Å². The smallest absolute Gasteiger partial charge is 1.00 e. The van der Waals surface area contributed by atoms with Gasteiger partial charge in [-0.25, -0.2) is 0 Å². The number of rotatable bonds is 6. The van der Waals surface area contributed by atoms with Gasteiger partial charge in [-0.15, -0.1) is 0 Å². The molecule has 1 saturated heterocycles. The average Bonchev–Trinajstić information content (AvgIpc) is 2.55. The molecule has 0 aromatic rings. The van der Waals surface area contributed by atoms with Crippen LogP contribution in [0.3, 0.4) is 0 Å². The summed E-state index contributed by atoms with van der Waals surface area (Å²) in [7, 11) is 0. The first-order chi connectivity index (χ1) is 7.43. The van der Waals surface area contributed by atoms with Gasteiger partial charge in [-0.05, 0) is 19.3 Å². The van der Waals surface area contributed by atoms with Crippen molar-refractivity contribution in [3.8, 4) is 0 Å². The Morgan fingerprint density at radius 1 is 1.17 bits per heavy atom. The van der Waals surface area contributed by atoms with E-state index >= 15 is 0 Å². The third kappa shape index (κ3) is 7.11. The normalized spacial score (nSPS) is 16.1. The quantitative estimate of drug-likeness (QED) is 0.420. The minimum atomic E-state index is -0.934. The molecule has 1 aliphatic rings. The van der Waals surface area contributed by atoms with Gasteiger partial charge >= 0.3 is 71.1 Å². The molecule has 8 heteroatoms. The Morgan fingerprint density at radius 2 is 1.61 bits per heavy atom. The molecule has 1 amide bonds. The zero-order valence-electron chi connectivity index (χ0n) is 12.9. The number of carbonyl (C=O) groups is 3. The molecule has 0 radical (unpaired) electrons. The van der Waals surface area contributed by atoms with Gasteiger partial charge in [-0.2, -0.15) is 0 Å². The Morgan fingerprint density at radius 3 is 1.89 bits per heavy atom. The predicted molar refractivity (Wildman–Crippen MR) is 56.1 cm³/mol. The van der Waals surface area contributed by atoms with Crippen molar-refractivity contribution < 1.29 is 86.6 Å². The van der Waals surface area contributed by atoms with Crippen molar-refractivity contribution >= 4 is 17.8 Å². The van der Waals surface area contributed by atoms with Gasteiger partial charge in [0.2, 0.25) is 5.91 Å². The standard InChI is InChI=1S/C10H15NO5.2Na.2H/c12-7-1-4-10(11-7,5-2-8(13)14)6-3-9(15)16;;;;/h1-6H2,(H,11,12)(H,13,14)(H,15,16);;;;/q;2*+1;2*-1. The number of nitrogens with one attached hydrogen (secondary N) is 1. The maximum absolute atomic E-state index is 11.1. The number of carboxylic acids is 2. The topological polar surface area (TPSA) is 104 Å². The maximum Gasteiger partial charge on any atom is 1.00 e. The Hall–Kier alpha value is 0.410. The van der Waals surface area contributed by atoms with E-state index < -0.39 is 17.5 Å². The van der Waals surface area contributed by atoms with Crippen LogP contribution >= 0.6 is 0 Å². The van der Waals surface area contributed by atoms with Crippen LogP contribution < -0.4 is 64.4 Å². The molecular weight excluding hydrogens is 260 g/mol. The fraction of sp³-hybridized carbons (Fsp3) is 0.700. The first kappa shape index (κ1) is 20.7. The van der Waals surface area contributed by atoms with Crippen LogP contribution in [0.1, 0.15) is 41.4 Å². The van der Waals surface area contributed by atoms with Crippen molar-refractivity contribution in [3.63, 3.8) is 0 Å². The molecule has 1 heterocycles. The van der Waals surface area contributed by atoms with E-state index in [-0.39, 0.29) is 80.7 Å². The van der Waals surface area contributed by atoms with Crippen molar-refractivity contribution in [1.82, 2.24) is 5.32 Å². The molecule has 0 aromatic heterocycles. The summed E-state index contributed by atoms with van der Waals surface area (Å²) in [6, 6.07) is 0. The van der Waals surface area contributed by atoms with E-state index in [0.29, 0.717) is 25.7 Å². The van der Waals surface area contributed by atoms with Crippen LogP contribution in [0.2, 0.25) is 0 Å². The van der Waals surface area contributed by atoms with Crippen molar-refractivity contribution in [2.75, 3.05) is 0 Å². The Balaban J connectivity index is -0.000000320. The number of hydrogen-bond donors (Lipinski definition) is 3. The Labute approximate surface area is 152 Å². The molecule has 0 spiro atoms. The summed E-state index contributed by atoms with van der Waals surface area (Å²) in [6.45, 7) is 0. The molecule has 1 fully saturated rings. The second kappa shape index (κ2) is 9.34. The molecule has 6 nitrogen and oxygen atoms in total. The zero-order chi connectivity index (χ0) is 12.2. The third-order valence-electron chi connectivity index (χ3n) is 2.87. The van der Waals surface area contributed by atoms with Gasteiger partial charge in [0, 0.05) is 24.8 Å². The summed E-state index contributed by atoms with van der Waals surface area (Å²) in [5.74, 6) is -2.00. The van der Waals surface area contributed by atoms with Gasteiger partial charge in [0.1, 0.15) is 0 Å². The second-order valence-corrected chi connectivity index (χ2v) is 4.12. The summed E-state index contributed by atoms with van der Waals surface area (Å²) in [5.41, 5.74) is -0.631. The van der Waals surface area contributed by atoms with Gasteiger partial charge in [0.25, 0.3) is 0 Å². The summed E-state index contributed by atoms with van der Waals surface area (Å²) >= 11 is 0. The number of carbonyl (C=O) groups excluding carboxylic acids is 1. The van der Waals surface area contributed by atoms with Crippen molar-refractivity contribution in [1.29, 1.82) is 0 Å². The second-order valence-electron chi connectivity index (χ2n) is 4.12. The molecular formula is C10H17NNa2O5. The number of amides is 1. The molecule has 18 heavy (non-hydrogen) atoms. The molecule has 0 bridgehead atoms. The number of carboxylic acid groups (broad SMARTS) is 2. The summed E-state index contributed by atoms with van der Waals surface area (Å²) < 4.78 is 0. The third-order valence-corrected chi connectivity index (χ3v) is 2.87. The molecule has 0 unspecified atom stereocenters. The van der Waals surface area contributed by atoms with Crippen LogP contribution in [0.5, 0.6) is 0 Å². The Bertz CT molecular complexity index is 313. The fourth-order valence-corrected chi connectivity index (χ4v) is 1.97. The predicted octanol–water partition coefficient (Wildman–Crippen LogP) is -5.40. The van der Waals surface area contributed by atoms with E-state index in [9.17, 15) is 14.4 Å². The first-order valence-electron chi connectivity index (χ1n) is 5.18. The van der Waals surface area contributed by atoms with Gasteiger partial charge < -0.3 is 18.4 Å². The van der Waals surface area contributed by atoms with Crippen LogP contribution in [0.4, 0.5) is 0 Å². The van der Waals surface area contributed by atoms with Crippen LogP contribution in [0.25, 0.3) is 0 Å². The van der Waals surface area contributed by atoms with E-state index in [0.717, 1.165) is 0 Å². The largest absolute Gasteiger partial charge is 1.00 e. The minimum absolute atomic E-state index is 0. The Kier molecular flexibility index (Phi) is 10.7. The first-order valence-corrected chi connectivity index (χ1v) is 5.18. The van der Waals surface area contributed by atoms with Crippen molar-refractivity contribution in [2.45, 2.75) is 44.1 Å². The van der Waals surface area contributed by atoms with E-state index in [2.05, 4.69) is 5.32 Å². The SMILES string of the molecule is O=C(O)CCC1(CCC(=O)O)CCC(=O)N1.[H-].[H-].[Na+].[Na+]. The van der Waals surface area contributed by atoms with E-state index in [1.807, 2.05) is 0 Å². The average molecular weight is 277 g/mol. The van der Waals surface area contributed by atoms with Gasteiger partial charge in [0.05, 0.1) is 0 Å². The van der Waals surface area contributed by atoms with Crippen molar-refractivity contribution in [3.05, 3.63) is 0 Å². The number of aliphatic carboxylic acids is 2. The molecule has 94 valence electrons. The number of hydrogen-bond acceptors (Lipinski definition) is 3. The van der Waals surface area contributed by atoms with Crippen LogP contribution in [-0.4, -0.2) is 33.6 Å². The zero-order valence-corrected chi connectivity index (χ0v) is 14.9. The summed E-state index contributed by atoms with van der Waals surface area (Å²) in [4.78, 5) is 32.1. The van der Waals surface area contributed by atoms with Gasteiger partial charge in [-0.1, -0.05) is 0 Å².